The van der Waals surface area contributed by atoms with Crippen molar-refractivity contribution in [3.63, 3.8) is 0 Å². The van der Waals surface area contributed by atoms with Gasteiger partial charge < -0.3 is 5.32 Å². The third-order valence-electron chi connectivity index (χ3n) is 4.68. The predicted octanol–water partition coefficient (Wildman–Crippen LogP) is 4.80. The van der Waals surface area contributed by atoms with Gasteiger partial charge in [0.2, 0.25) is 0 Å². The molecule has 1 unspecified atom stereocenters. The Morgan fingerprint density at radius 1 is 1.03 bits per heavy atom. The Labute approximate surface area is 180 Å². The SMILES string of the molecule is CC(NC(=O)c1cc(S(=O)(=O)N(C)c2ccc(F)cc2)ccc1Cl)c1ccccc1. The van der Waals surface area contributed by atoms with E-state index in [-0.39, 0.29) is 27.2 Å². The maximum absolute atomic E-state index is 13.2. The summed E-state index contributed by atoms with van der Waals surface area (Å²) in [5.41, 5.74) is 1.24. The molecule has 30 heavy (non-hydrogen) atoms. The van der Waals surface area contributed by atoms with Gasteiger partial charge in [0.1, 0.15) is 5.82 Å². The Balaban J connectivity index is 1.88. The third-order valence-corrected chi connectivity index (χ3v) is 6.79. The van der Waals surface area contributed by atoms with Gasteiger partial charge in [-0.3, -0.25) is 9.10 Å². The Morgan fingerprint density at radius 3 is 2.30 bits per heavy atom. The number of hydrogen-bond acceptors (Lipinski definition) is 3. The van der Waals surface area contributed by atoms with Gasteiger partial charge in [0.25, 0.3) is 15.9 Å². The zero-order valence-corrected chi connectivity index (χ0v) is 17.9. The first-order valence-corrected chi connectivity index (χ1v) is 10.9. The van der Waals surface area contributed by atoms with Crippen LogP contribution in [0.3, 0.4) is 0 Å². The lowest BCUT2D eigenvalue weighted by Gasteiger charge is -2.20. The van der Waals surface area contributed by atoms with Gasteiger partial charge in [-0.1, -0.05) is 41.9 Å². The molecule has 3 rings (SSSR count). The van der Waals surface area contributed by atoms with Gasteiger partial charge in [0.05, 0.1) is 27.2 Å². The third kappa shape index (κ3) is 4.63. The number of hydrogen-bond donors (Lipinski definition) is 1. The number of carbonyl (C=O) groups excluding carboxylic acids is 1. The highest BCUT2D eigenvalue weighted by molar-refractivity contribution is 7.92. The smallest absolute Gasteiger partial charge is 0.264 e. The average Bonchev–Trinajstić information content (AvgIpc) is 2.74. The van der Waals surface area contributed by atoms with Crippen molar-refractivity contribution in [2.45, 2.75) is 17.9 Å². The molecule has 1 amide bonds. The fourth-order valence-corrected chi connectivity index (χ4v) is 4.31. The number of nitrogens with zero attached hydrogens (tertiary/aromatic N) is 1. The van der Waals surface area contributed by atoms with Gasteiger partial charge in [-0.15, -0.1) is 0 Å². The van der Waals surface area contributed by atoms with Crippen LogP contribution in [0.4, 0.5) is 10.1 Å². The molecule has 0 radical (unpaired) electrons. The quantitative estimate of drug-likeness (QED) is 0.591. The maximum atomic E-state index is 13.2. The number of carbonyl (C=O) groups is 1. The second-order valence-electron chi connectivity index (χ2n) is 6.70. The highest BCUT2D eigenvalue weighted by Crippen LogP contribution is 2.26. The average molecular weight is 447 g/mol. The molecule has 0 bridgehead atoms. The van der Waals surface area contributed by atoms with Gasteiger partial charge in [-0.2, -0.15) is 0 Å². The first-order chi connectivity index (χ1) is 14.2. The lowest BCUT2D eigenvalue weighted by Crippen LogP contribution is -2.29. The molecule has 0 aliphatic heterocycles. The molecule has 3 aromatic carbocycles. The molecule has 0 spiro atoms. The molecule has 5 nitrogen and oxygen atoms in total. The molecule has 0 aromatic heterocycles. The molecule has 1 N–H and O–H groups in total. The number of nitrogens with one attached hydrogen (secondary N) is 1. The van der Waals surface area contributed by atoms with Crippen molar-refractivity contribution in [1.82, 2.24) is 5.32 Å². The minimum Gasteiger partial charge on any atom is -0.345 e. The van der Waals surface area contributed by atoms with E-state index >= 15 is 0 Å². The second kappa shape index (κ2) is 8.85. The van der Waals surface area contributed by atoms with E-state index < -0.39 is 21.7 Å². The van der Waals surface area contributed by atoms with E-state index in [9.17, 15) is 17.6 Å². The first-order valence-electron chi connectivity index (χ1n) is 9.10. The molecule has 8 heteroatoms. The second-order valence-corrected chi connectivity index (χ2v) is 9.07. The van der Waals surface area contributed by atoms with E-state index in [0.717, 1.165) is 9.87 Å². The van der Waals surface area contributed by atoms with Gasteiger partial charge >= 0.3 is 0 Å². The summed E-state index contributed by atoms with van der Waals surface area (Å²) in [5.74, 6) is -0.958. The molecule has 0 saturated heterocycles. The fraction of sp³-hybridized carbons (Fsp3) is 0.136. The topological polar surface area (TPSA) is 66.5 Å². The van der Waals surface area contributed by atoms with Crippen molar-refractivity contribution >= 4 is 33.2 Å². The van der Waals surface area contributed by atoms with Crippen molar-refractivity contribution in [2.24, 2.45) is 0 Å². The number of rotatable bonds is 6. The van der Waals surface area contributed by atoms with Crippen LogP contribution in [0.5, 0.6) is 0 Å². The van der Waals surface area contributed by atoms with Crippen LogP contribution in [-0.2, 0) is 10.0 Å². The molecule has 3 aromatic rings. The molecule has 0 fully saturated rings. The zero-order valence-electron chi connectivity index (χ0n) is 16.3. The van der Waals surface area contributed by atoms with Crippen molar-refractivity contribution < 1.29 is 17.6 Å². The highest BCUT2D eigenvalue weighted by Gasteiger charge is 2.24. The van der Waals surface area contributed by atoms with Gasteiger partial charge in [-0.25, -0.2) is 12.8 Å². The molecule has 0 aliphatic rings. The van der Waals surface area contributed by atoms with Crippen molar-refractivity contribution in [2.75, 3.05) is 11.4 Å². The van der Waals surface area contributed by atoms with E-state index in [1.165, 1.54) is 49.5 Å². The Bertz CT molecular complexity index is 1150. The number of anilines is 1. The molecule has 0 saturated carbocycles. The van der Waals surface area contributed by atoms with Crippen LogP contribution in [0.15, 0.2) is 77.7 Å². The van der Waals surface area contributed by atoms with Crippen molar-refractivity contribution in [3.05, 3.63) is 94.8 Å². The van der Waals surface area contributed by atoms with Crippen molar-refractivity contribution in [3.8, 4) is 0 Å². The molecular formula is C22H20ClFN2O3S. The summed E-state index contributed by atoms with van der Waals surface area (Å²) in [6, 6.07) is 18.1. The number of sulfonamides is 1. The molecule has 0 heterocycles. The van der Waals surface area contributed by atoms with Gasteiger partial charge in [-0.05, 0) is 55.0 Å². The molecule has 0 aliphatic carbocycles. The maximum Gasteiger partial charge on any atom is 0.264 e. The Morgan fingerprint density at radius 2 is 1.67 bits per heavy atom. The summed E-state index contributed by atoms with van der Waals surface area (Å²) in [5, 5.41) is 2.96. The van der Waals surface area contributed by atoms with Crippen LogP contribution in [0.2, 0.25) is 5.02 Å². The zero-order chi connectivity index (χ0) is 21.9. The lowest BCUT2D eigenvalue weighted by atomic mass is 10.1. The summed E-state index contributed by atoms with van der Waals surface area (Å²) in [6.45, 7) is 1.82. The van der Waals surface area contributed by atoms with Crippen molar-refractivity contribution in [1.29, 1.82) is 0 Å². The summed E-state index contributed by atoms with van der Waals surface area (Å²) in [4.78, 5) is 12.7. The van der Waals surface area contributed by atoms with E-state index in [4.69, 9.17) is 11.6 Å². The standard InChI is InChI=1S/C22H20ClFN2O3S/c1-15(16-6-4-3-5-7-16)25-22(27)20-14-19(12-13-21(20)23)30(28,29)26(2)18-10-8-17(24)9-11-18/h3-15H,1-2H3,(H,25,27). The van der Waals surface area contributed by atoms with Crippen LogP contribution in [-0.4, -0.2) is 21.4 Å². The summed E-state index contributed by atoms with van der Waals surface area (Å²) in [6.07, 6.45) is 0. The van der Waals surface area contributed by atoms with E-state index in [2.05, 4.69) is 5.32 Å². The summed E-state index contributed by atoms with van der Waals surface area (Å²) >= 11 is 6.17. The Kier molecular flexibility index (Phi) is 6.43. The fourth-order valence-electron chi connectivity index (χ4n) is 2.89. The van der Waals surface area contributed by atoms with Crippen LogP contribution in [0.1, 0.15) is 28.9 Å². The molecule has 1 atom stereocenters. The van der Waals surface area contributed by atoms with E-state index in [1.54, 1.807) is 0 Å². The van der Waals surface area contributed by atoms with E-state index in [0.29, 0.717) is 0 Å². The van der Waals surface area contributed by atoms with Crippen LogP contribution in [0.25, 0.3) is 0 Å². The van der Waals surface area contributed by atoms with Gasteiger partial charge in [0.15, 0.2) is 0 Å². The normalized spacial score (nSPS) is 12.3. The number of amides is 1. The minimum atomic E-state index is -3.99. The minimum absolute atomic E-state index is 0.0491. The monoisotopic (exact) mass is 446 g/mol. The number of halogens is 2. The van der Waals surface area contributed by atoms with Gasteiger partial charge in [0, 0.05) is 7.05 Å². The van der Waals surface area contributed by atoms with Crippen LogP contribution < -0.4 is 9.62 Å². The lowest BCUT2D eigenvalue weighted by molar-refractivity contribution is 0.0940. The molecular weight excluding hydrogens is 427 g/mol. The number of benzene rings is 3. The van der Waals surface area contributed by atoms with E-state index in [1.807, 2.05) is 37.3 Å². The highest BCUT2D eigenvalue weighted by atomic mass is 35.5. The Hall–Kier alpha value is -2.90. The van der Waals surface area contributed by atoms with Crippen LogP contribution in [0, 0.1) is 5.82 Å². The van der Waals surface area contributed by atoms with Crippen LogP contribution >= 0.6 is 11.6 Å². The summed E-state index contributed by atoms with van der Waals surface area (Å²) in [7, 11) is -2.63. The first kappa shape index (κ1) is 21.8. The largest absolute Gasteiger partial charge is 0.345 e. The summed E-state index contributed by atoms with van der Waals surface area (Å²) < 4.78 is 40.2. The predicted molar refractivity (Wildman–Crippen MR) is 116 cm³/mol. The molecule has 156 valence electrons.